The molecule has 5 nitrogen and oxygen atoms in total. The first kappa shape index (κ1) is 10.9. The third kappa shape index (κ3) is 2.70. The van der Waals surface area contributed by atoms with Gasteiger partial charge in [0.05, 0.1) is 6.10 Å². The minimum absolute atomic E-state index is 0.138. The summed E-state index contributed by atoms with van der Waals surface area (Å²) in [7, 11) is 0. The summed E-state index contributed by atoms with van der Waals surface area (Å²) in [5.41, 5.74) is 5.33. The number of carbonyl (C=O) groups excluding carboxylic acids is 1. The molecule has 2 rings (SSSR count). The Labute approximate surface area is 93.6 Å². The SMILES string of the molecule is NC(=O)c1cccc(OCC2CCCO2)n1. The predicted octanol–water partition coefficient (Wildman–Crippen LogP) is 0.738. The summed E-state index contributed by atoms with van der Waals surface area (Å²) in [5.74, 6) is -0.144. The van der Waals surface area contributed by atoms with Gasteiger partial charge in [0.1, 0.15) is 12.3 Å². The molecule has 1 amide bonds. The van der Waals surface area contributed by atoms with E-state index in [4.69, 9.17) is 15.2 Å². The highest BCUT2D eigenvalue weighted by Crippen LogP contribution is 2.14. The summed E-state index contributed by atoms with van der Waals surface area (Å²) in [6.45, 7) is 1.26. The molecule has 1 saturated heterocycles. The fourth-order valence-corrected chi connectivity index (χ4v) is 1.59. The van der Waals surface area contributed by atoms with E-state index in [1.807, 2.05) is 0 Å². The maximum Gasteiger partial charge on any atom is 0.267 e. The second-order valence-corrected chi connectivity index (χ2v) is 3.67. The largest absolute Gasteiger partial charge is 0.475 e. The molecule has 86 valence electrons. The van der Waals surface area contributed by atoms with Gasteiger partial charge in [-0.15, -0.1) is 0 Å². The molecular formula is C11H14N2O3. The molecule has 1 aliphatic rings. The Bertz CT molecular complexity index is 375. The molecule has 1 fully saturated rings. The molecule has 2 N–H and O–H groups in total. The maximum atomic E-state index is 10.9. The lowest BCUT2D eigenvalue weighted by Gasteiger charge is -2.10. The number of rotatable bonds is 4. The number of pyridine rings is 1. The molecule has 1 unspecified atom stereocenters. The number of hydrogen-bond acceptors (Lipinski definition) is 4. The third-order valence-corrected chi connectivity index (χ3v) is 2.42. The predicted molar refractivity (Wildman–Crippen MR) is 57.2 cm³/mol. The first-order valence-corrected chi connectivity index (χ1v) is 5.27. The molecule has 0 aliphatic carbocycles. The first-order valence-electron chi connectivity index (χ1n) is 5.27. The van der Waals surface area contributed by atoms with Crippen LogP contribution in [0.4, 0.5) is 0 Å². The van der Waals surface area contributed by atoms with Crippen LogP contribution in [0.5, 0.6) is 5.88 Å². The molecule has 1 aromatic rings. The zero-order valence-electron chi connectivity index (χ0n) is 8.89. The molecule has 5 heteroatoms. The second kappa shape index (κ2) is 4.94. The molecule has 2 heterocycles. The Kier molecular flexibility index (Phi) is 3.36. The van der Waals surface area contributed by atoms with Gasteiger partial charge in [-0.2, -0.15) is 0 Å². The monoisotopic (exact) mass is 222 g/mol. The summed E-state index contributed by atoms with van der Waals surface area (Å²) < 4.78 is 10.8. The summed E-state index contributed by atoms with van der Waals surface area (Å²) in [5, 5.41) is 0. The molecule has 1 aromatic heterocycles. The Morgan fingerprint density at radius 1 is 1.62 bits per heavy atom. The highest BCUT2D eigenvalue weighted by molar-refractivity contribution is 5.90. The molecule has 0 radical (unpaired) electrons. The number of primary amides is 1. The second-order valence-electron chi connectivity index (χ2n) is 3.67. The van der Waals surface area contributed by atoms with Crippen LogP contribution in [0.3, 0.4) is 0 Å². The van der Waals surface area contributed by atoms with Crippen molar-refractivity contribution in [2.24, 2.45) is 5.73 Å². The van der Waals surface area contributed by atoms with Crippen LogP contribution >= 0.6 is 0 Å². The van der Waals surface area contributed by atoms with Gasteiger partial charge in [0.25, 0.3) is 5.91 Å². The van der Waals surface area contributed by atoms with E-state index in [2.05, 4.69) is 4.98 Å². The topological polar surface area (TPSA) is 74.4 Å². The first-order chi connectivity index (χ1) is 7.75. The molecule has 0 aromatic carbocycles. The lowest BCUT2D eigenvalue weighted by molar-refractivity contribution is 0.0662. The lowest BCUT2D eigenvalue weighted by atomic mass is 10.2. The number of carbonyl (C=O) groups is 1. The van der Waals surface area contributed by atoms with Gasteiger partial charge in [-0.3, -0.25) is 4.79 Å². The minimum atomic E-state index is -0.553. The van der Waals surface area contributed by atoms with Crippen molar-refractivity contribution >= 4 is 5.91 Å². The van der Waals surface area contributed by atoms with Gasteiger partial charge >= 0.3 is 0 Å². The summed E-state index contributed by atoms with van der Waals surface area (Å²) in [6.07, 6.45) is 2.22. The lowest BCUT2D eigenvalue weighted by Crippen LogP contribution is -2.18. The Balaban J connectivity index is 1.93. The van der Waals surface area contributed by atoms with Crippen LogP contribution in [-0.2, 0) is 4.74 Å². The molecule has 0 bridgehead atoms. The van der Waals surface area contributed by atoms with Crippen molar-refractivity contribution in [1.29, 1.82) is 0 Å². The van der Waals surface area contributed by atoms with Crippen LogP contribution in [-0.4, -0.2) is 30.2 Å². The Morgan fingerprint density at radius 3 is 3.19 bits per heavy atom. The number of nitrogens with zero attached hydrogens (tertiary/aromatic N) is 1. The quantitative estimate of drug-likeness (QED) is 0.815. The van der Waals surface area contributed by atoms with E-state index in [1.54, 1.807) is 18.2 Å². The van der Waals surface area contributed by atoms with Gasteiger partial charge in [-0.05, 0) is 18.9 Å². The molecule has 0 spiro atoms. The normalized spacial score (nSPS) is 19.6. The number of hydrogen-bond donors (Lipinski definition) is 1. The van der Waals surface area contributed by atoms with Crippen molar-refractivity contribution in [2.45, 2.75) is 18.9 Å². The average Bonchev–Trinajstić information content (AvgIpc) is 2.79. The number of nitrogens with two attached hydrogens (primary N) is 1. The van der Waals surface area contributed by atoms with Crippen LogP contribution in [0.15, 0.2) is 18.2 Å². The third-order valence-electron chi connectivity index (χ3n) is 2.42. The van der Waals surface area contributed by atoms with E-state index in [-0.39, 0.29) is 11.8 Å². The summed E-state index contributed by atoms with van der Waals surface area (Å²) in [4.78, 5) is 14.9. The average molecular weight is 222 g/mol. The summed E-state index contributed by atoms with van der Waals surface area (Å²) in [6, 6.07) is 4.95. The Morgan fingerprint density at radius 2 is 2.50 bits per heavy atom. The van der Waals surface area contributed by atoms with Gasteiger partial charge < -0.3 is 15.2 Å². The zero-order valence-corrected chi connectivity index (χ0v) is 8.89. The van der Waals surface area contributed by atoms with Crippen molar-refractivity contribution < 1.29 is 14.3 Å². The van der Waals surface area contributed by atoms with E-state index < -0.39 is 5.91 Å². The van der Waals surface area contributed by atoms with E-state index in [0.29, 0.717) is 12.5 Å². The van der Waals surface area contributed by atoms with E-state index in [1.165, 1.54) is 0 Å². The van der Waals surface area contributed by atoms with E-state index >= 15 is 0 Å². The van der Waals surface area contributed by atoms with Gasteiger partial charge in [0, 0.05) is 12.7 Å². The number of amides is 1. The standard InChI is InChI=1S/C11H14N2O3/c12-11(14)9-4-1-5-10(13-9)16-7-8-3-2-6-15-8/h1,4-5,8H,2-3,6-7H2,(H2,12,14). The van der Waals surface area contributed by atoms with Crippen LogP contribution in [0.1, 0.15) is 23.3 Å². The highest BCUT2D eigenvalue weighted by atomic mass is 16.5. The van der Waals surface area contributed by atoms with Crippen LogP contribution in [0, 0.1) is 0 Å². The fraction of sp³-hybridized carbons (Fsp3) is 0.455. The van der Waals surface area contributed by atoms with Gasteiger partial charge in [0.15, 0.2) is 0 Å². The van der Waals surface area contributed by atoms with Crippen molar-refractivity contribution in [3.63, 3.8) is 0 Å². The van der Waals surface area contributed by atoms with Gasteiger partial charge in [-0.1, -0.05) is 6.07 Å². The van der Waals surface area contributed by atoms with Crippen LogP contribution < -0.4 is 10.5 Å². The summed E-state index contributed by atoms with van der Waals surface area (Å²) >= 11 is 0. The zero-order chi connectivity index (χ0) is 11.4. The molecule has 1 atom stereocenters. The highest BCUT2D eigenvalue weighted by Gasteiger charge is 2.16. The smallest absolute Gasteiger partial charge is 0.267 e. The molecule has 1 aliphatic heterocycles. The maximum absolute atomic E-state index is 10.9. The van der Waals surface area contributed by atoms with Gasteiger partial charge in [-0.25, -0.2) is 4.98 Å². The van der Waals surface area contributed by atoms with E-state index in [9.17, 15) is 4.79 Å². The number of aromatic nitrogens is 1. The van der Waals surface area contributed by atoms with Crippen LogP contribution in [0.2, 0.25) is 0 Å². The fourth-order valence-electron chi connectivity index (χ4n) is 1.59. The van der Waals surface area contributed by atoms with Crippen molar-refractivity contribution in [2.75, 3.05) is 13.2 Å². The van der Waals surface area contributed by atoms with Crippen molar-refractivity contribution in [3.8, 4) is 5.88 Å². The van der Waals surface area contributed by atoms with Crippen molar-refractivity contribution in [3.05, 3.63) is 23.9 Å². The minimum Gasteiger partial charge on any atom is -0.475 e. The molecular weight excluding hydrogens is 208 g/mol. The van der Waals surface area contributed by atoms with Crippen molar-refractivity contribution in [1.82, 2.24) is 4.98 Å². The van der Waals surface area contributed by atoms with E-state index in [0.717, 1.165) is 19.4 Å². The number of ether oxygens (including phenoxy) is 2. The van der Waals surface area contributed by atoms with Gasteiger partial charge in [0.2, 0.25) is 5.88 Å². The van der Waals surface area contributed by atoms with Crippen LogP contribution in [0.25, 0.3) is 0 Å². The Hall–Kier alpha value is -1.62. The molecule has 16 heavy (non-hydrogen) atoms. The molecule has 0 saturated carbocycles.